The lowest BCUT2D eigenvalue weighted by atomic mass is 10.1. The third kappa shape index (κ3) is 4.17. The summed E-state index contributed by atoms with van der Waals surface area (Å²) in [7, 11) is 0. The first-order chi connectivity index (χ1) is 6.72. The molecule has 14 heavy (non-hydrogen) atoms. The summed E-state index contributed by atoms with van der Waals surface area (Å²) in [5, 5.41) is 15.3. The zero-order valence-electron chi connectivity index (χ0n) is 8.79. The van der Waals surface area contributed by atoms with E-state index >= 15 is 0 Å². The molecule has 0 saturated carbocycles. The van der Waals surface area contributed by atoms with Crippen molar-refractivity contribution in [1.82, 2.24) is 10.3 Å². The SMILES string of the molecule is Cc1csc(CNCC(C)CCO)n1. The molecule has 0 amide bonds. The van der Waals surface area contributed by atoms with Gasteiger partial charge in [-0.1, -0.05) is 6.92 Å². The molecule has 0 spiro atoms. The Bertz CT molecular complexity index is 262. The molecule has 0 radical (unpaired) electrons. The zero-order valence-corrected chi connectivity index (χ0v) is 9.60. The van der Waals surface area contributed by atoms with Crippen molar-refractivity contribution >= 4 is 11.3 Å². The van der Waals surface area contributed by atoms with Gasteiger partial charge in [-0.15, -0.1) is 11.3 Å². The van der Waals surface area contributed by atoms with E-state index in [-0.39, 0.29) is 6.61 Å². The average molecular weight is 214 g/mol. The van der Waals surface area contributed by atoms with E-state index in [2.05, 4.69) is 22.6 Å². The van der Waals surface area contributed by atoms with Crippen LogP contribution in [0.25, 0.3) is 0 Å². The second-order valence-corrected chi connectivity index (χ2v) is 4.57. The molecule has 0 aliphatic carbocycles. The summed E-state index contributed by atoms with van der Waals surface area (Å²) in [6.45, 7) is 6.21. The van der Waals surface area contributed by atoms with E-state index in [0.29, 0.717) is 5.92 Å². The van der Waals surface area contributed by atoms with Crippen molar-refractivity contribution < 1.29 is 5.11 Å². The van der Waals surface area contributed by atoms with E-state index < -0.39 is 0 Å². The fourth-order valence-electron chi connectivity index (χ4n) is 1.23. The van der Waals surface area contributed by atoms with Crippen LogP contribution < -0.4 is 5.32 Å². The molecule has 0 saturated heterocycles. The molecule has 1 unspecified atom stereocenters. The van der Waals surface area contributed by atoms with Crippen molar-refractivity contribution in [1.29, 1.82) is 0 Å². The molecule has 80 valence electrons. The molecule has 0 aromatic carbocycles. The first kappa shape index (κ1) is 11.6. The van der Waals surface area contributed by atoms with Crippen molar-refractivity contribution in [3.05, 3.63) is 16.1 Å². The highest BCUT2D eigenvalue weighted by Gasteiger charge is 2.02. The normalized spacial score (nSPS) is 13.1. The number of aryl methyl sites for hydroxylation is 1. The van der Waals surface area contributed by atoms with Crippen LogP contribution in [-0.2, 0) is 6.54 Å². The highest BCUT2D eigenvalue weighted by molar-refractivity contribution is 7.09. The monoisotopic (exact) mass is 214 g/mol. The topological polar surface area (TPSA) is 45.1 Å². The predicted molar refractivity (Wildman–Crippen MR) is 59.4 cm³/mol. The Kier molecular flexibility index (Phi) is 5.07. The quantitative estimate of drug-likeness (QED) is 0.755. The van der Waals surface area contributed by atoms with Gasteiger partial charge < -0.3 is 10.4 Å². The summed E-state index contributed by atoms with van der Waals surface area (Å²) in [6, 6.07) is 0. The molecule has 0 bridgehead atoms. The molecule has 0 aliphatic heterocycles. The molecule has 1 heterocycles. The number of nitrogens with one attached hydrogen (secondary N) is 1. The second-order valence-electron chi connectivity index (χ2n) is 3.63. The highest BCUT2D eigenvalue weighted by atomic mass is 32.1. The van der Waals surface area contributed by atoms with Gasteiger partial charge in [-0.05, 0) is 25.8 Å². The Labute approximate surface area is 89.2 Å². The van der Waals surface area contributed by atoms with Gasteiger partial charge in [0.25, 0.3) is 0 Å². The largest absolute Gasteiger partial charge is 0.396 e. The molecule has 1 aromatic rings. The van der Waals surface area contributed by atoms with Crippen molar-refractivity contribution in [3.8, 4) is 0 Å². The summed E-state index contributed by atoms with van der Waals surface area (Å²) < 4.78 is 0. The van der Waals surface area contributed by atoms with Gasteiger partial charge >= 0.3 is 0 Å². The van der Waals surface area contributed by atoms with Crippen LogP contribution in [0, 0.1) is 12.8 Å². The van der Waals surface area contributed by atoms with Crippen LogP contribution in [0.3, 0.4) is 0 Å². The lowest BCUT2D eigenvalue weighted by molar-refractivity contribution is 0.260. The van der Waals surface area contributed by atoms with Crippen LogP contribution in [0.5, 0.6) is 0 Å². The van der Waals surface area contributed by atoms with Crippen molar-refractivity contribution in [2.75, 3.05) is 13.2 Å². The zero-order chi connectivity index (χ0) is 10.4. The standard InChI is InChI=1S/C10H18N2OS/c1-8(3-4-13)5-11-6-10-12-9(2)7-14-10/h7-8,11,13H,3-6H2,1-2H3. The number of nitrogens with zero attached hydrogens (tertiary/aromatic N) is 1. The minimum Gasteiger partial charge on any atom is -0.396 e. The van der Waals surface area contributed by atoms with Gasteiger partial charge in [-0.2, -0.15) is 0 Å². The number of hydrogen-bond donors (Lipinski definition) is 2. The van der Waals surface area contributed by atoms with E-state index in [9.17, 15) is 0 Å². The van der Waals surface area contributed by atoms with Crippen LogP contribution in [0.15, 0.2) is 5.38 Å². The van der Waals surface area contributed by atoms with Gasteiger partial charge in [0, 0.05) is 24.2 Å². The molecule has 1 rings (SSSR count). The number of thiazole rings is 1. The first-order valence-electron chi connectivity index (χ1n) is 4.95. The number of aliphatic hydroxyl groups is 1. The van der Waals surface area contributed by atoms with Gasteiger partial charge in [0.15, 0.2) is 0 Å². The number of rotatable bonds is 6. The molecule has 0 fully saturated rings. The highest BCUT2D eigenvalue weighted by Crippen LogP contribution is 2.08. The van der Waals surface area contributed by atoms with Crippen molar-refractivity contribution in [3.63, 3.8) is 0 Å². The van der Waals surface area contributed by atoms with Crippen LogP contribution >= 0.6 is 11.3 Å². The molecule has 4 heteroatoms. The maximum absolute atomic E-state index is 8.72. The number of aromatic nitrogens is 1. The maximum atomic E-state index is 8.72. The summed E-state index contributed by atoms with van der Waals surface area (Å²) in [5.41, 5.74) is 1.09. The fourth-order valence-corrected chi connectivity index (χ4v) is 1.97. The molecule has 1 aromatic heterocycles. The Morgan fingerprint density at radius 2 is 2.43 bits per heavy atom. The van der Waals surface area contributed by atoms with Gasteiger partial charge in [0.1, 0.15) is 5.01 Å². The fraction of sp³-hybridized carbons (Fsp3) is 0.700. The molecular weight excluding hydrogens is 196 g/mol. The first-order valence-corrected chi connectivity index (χ1v) is 5.83. The van der Waals surface area contributed by atoms with Crippen LogP contribution in [0.4, 0.5) is 0 Å². The van der Waals surface area contributed by atoms with Crippen LogP contribution in [-0.4, -0.2) is 23.2 Å². The average Bonchev–Trinajstić information content (AvgIpc) is 2.52. The smallest absolute Gasteiger partial charge is 0.107 e. The van der Waals surface area contributed by atoms with Gasteiger partial charge in [-0.3, -0.25) is 0 Å². The van der Waals surface area contributed by atoms with Crippen molar-refractivity contribution in [2.24, 2.45) is 5.92 Å². The summed E-state index contributed by atoms with van der Waals surface area (Å²) in [4.78, 5) is 4.36. The molecule has 2 N–H and O–H groups in total. The Morgan fingerprint density at radius 3 is 3.00 bits per heavy atom. The summed E-state index contributed by atoms with van der Waals surface area (Å²) in [5.74, 6) is 0.529. The van der Waals surface area contributed by atoms with E-state index in [1.54, 1.807) is 11.3 Å². The number of hydrogen-bond acceptors (Lipinski definition) is 4. The second kappa shape index (κ2) is 6.11. The van der Waals surface area contributed by atoms with E-state index in [4.69, 9.17) is 5.11 Å². The minimum atomic E-state index is 0.277. The number of aliphatic hydroxyl groups excluding tert-OH is 1. The predicted octanol–water partition coefficient (Wildman–Crippen LogP) is 1.56. The Hall–Kier alpha value is -0.450. The van der Waals surface area contributed by atoms with E-state index in [1.807, 2.05) is 6.92 Å². The van der Waals surface area contributed by atoms with E-state index in [1.165, 1.54) is 0 Å². The van der Waals surface area contributed by atoms with Crippen molar-refractivity contribution in [2.45, 2.75) is 26.8 Å². The molecular formula is C10H18N2OS. The Balaban J connectivity index is 2.15. The lowest BCUT2D eigenvalue weighted by Gasteiger charge is -2.09. The van der Waals surface area contributed by atoms with Crippen LogP contribution in [0.2, 0.25) is 0 Å². The lowest BCUT2D eigenvalue weighted by Crippen LogP contribution is -2.21. The van der Waals surface area contributed by atoms with Crippen LogP contribution in [0.1, 0.15) is 24.0 Å². The molecule has 0 aliphatic rings. The Morgan fingerprint density at radius 1 is 1.64 bits per heavy atom. The molecule has 1 atom stereocenters. The van der Waals surface area contributed by atoms with Gasteiger partial charge in [0.2, 0.25) is 0 Å². The minimum absolute atomic E-state index is 0.277. The van der Waals surface area contributed by atoms with Gasteiger partial charge in [-0.25, -0.2) is 4.98 Å². The third-order valence-corrected chi connectivity index (χ3v) is 3.02. The third-order valence-electron chi connectivity index (χ3n) is 2.06. The molecule has 3 nitrogen and oxygen atoms in total. The van der Waals surface area contributed by atoms with Gasteiger partial charge in [0.05, 0.1) is 0 Å². The summed E-state index contributed by atoms with van der Waals surface area (Å²) >= 11 is 1.69. The van der Waals surface area contributed by atoms with E-state index in [0.717, 1.165) is 30.2 Å². The summed E-state index contributed by atoms with van der Waals surface area (Å²) in [6.07, 6.45) is 0.865. The maximum Gasteiger partial charge on any atom is 0.107 e.